The highest BCUT2D eigenvalue weighted by atomic mass is 32.2. The van der Waals surface area contributed by atoms with Crippen LogP contribution >= 0.6 is 0 Å². The third-order valence-electron chi connectivity index (χ3n) is 11.3. The summed E-state index contributed by atoms with van der Waals surface area (Å²) in [4.78, 5) is 76.6. The van der Waals surface area contributed by atoms with E-state index in [0.717, 1.165) is 34.9 Å². The van der Waals surface area contributed by atoms with E-state index in [9.17, 15) is 73.1 Å². The van der Waals surface area contributed by atoms with Crippen LogP contribution in [0.1, 0.15) is 52.6 Å². The highest BCUT2D eigenvalue weighted by Gasteiger charge is 2.35. The number of hydrogen-bond acceptors (Lipinski definition) is 18. The third-order valence-corrected chi connectivity index (χ3v) is 14.0. The van der Waals surface area contributed by atoms with Crippen LogP contribution in [-0.4, -0.2) is 92.1 Å². The molecule has 9 rings (SSSR count). The van der Waals surface area contributed by atoms with Gasteiger partial charge in [-0.25, -0.2) is 9.59 Å². The monoisotopic (exact) mass is 1060 g/mol. The number of fused-ring (bicyclic) bond motifs is 2. The Hall–Kier alpha value is -9.25. The number of carbonyl (C=O) groups excluding carboxylic acids is 2. The van der Waals surface area contributed by atoms with Gasteiger partial charge < -0.3 is 35.5 Å². The highest BCUT2D eigenvalue weighted by molar-refractivity contribution is 7.87. The Morgan fingerprint density at radius 3 is 1.82 bits per heavy atom. The van der Waals surface area contributed by atoms with Crippen molar-refractivity contribution < 1.29 is 73.0 Å². The van der Waals surface area contributed by atoms with Crippen LogP contribution in [0.4, 0.5) is 34.6 Å². The number of ketones is 2. The average molecular weight is 1060 g/mol. The zero-order valence-corrected chi connectivity index (χ0v) is 39.6. The number of nitrogens with zero attached hydrogens (tertiary/aromatic N) is 4. The number of aryl methyl sites for hydroxylation is 1. The van der Waals surface area contributed by atoms with Gasteiger partial charge in [-0.3, -0.25) is 28.0 Å². The zero-order chi connectivity index (χ0) is 53.2. The van der Waals surface area contributed by atoms with E-state index in [1.165, 1.54) is 92.0 Å². The first kappa shape index (κ1) is 49.7. The number of carbonyl (C=O) groups is 4. The van der Waals surface area contributed by atoms with E-state index >= 15 is 0 Å². The van der Waals surface area contributed by atoms with Gasteiger partial charge in [0.1, 0.15) is 15.5 Å². The van der Waals surface area contributed by atoms with E-state index in [2.05, 4.69) is 30.9 Å². The molecule has 0 spiro atoms. The number of nitrogens with one attached hydrogen (secondary N) is 3. The molecule has 1 aliphatic rings. The Balaban J connectivity index is 1.23. The molecule has 0 unspecified atom stereocenters. The summed E-state index contributed by atoms with van der Waals surface area (Å²) in [5, 5.41) is 27.3. The summed E-state index contributed by atoms with van der Waals surface area (Å²) in [5.74, 6) is -5.71. The Labute approximate surface area is 415 Å². The van der Waals surface area contributed by atoms with E-state index in [4.69, 9.17) is 4.74 Å². The largest absolute Gasteiger partial charge is 0.478 e. The Kier molecular flexibility index (Phi) is 12.4. The number of anilines is 6. The van der Waals surface area contributed by atoms with Gasteiger partial charge >= 0.3 is 17.9 Å². The van der Waals surface area contributed by atoms with Crippen molar-refractivity contribution in [3.63, 3.8) is 0 Å². The Morgan fingerprint density at radius 2 is 1.18 bits per heavy atom. The first-order valence-electron chi connectivity index (χ1n) is 20.9. The molecule has 2 aromatic heterocycles. The molecule has 0 saturated heterocycles. The molecule has 2 heterocycles. The van der Waals surface area contributed by atoms with Crippen molar-refractivity contribution in [2.45, 2.75) is 14.7 Å². The lowest BCUT2D eigenvalue weighted by atomic mass is 9.80. The number of para-hydroxylation sites is 1. The second kappa shape index (κ2) is 18.4. The number of benzene rings is 6. The molecular weight excluding hydrogens is 1030 g/mol. The molecule has 0 fully saturated rings. The number of aromatic carboxylic acids is 2. The predicted octanol–water partition coefficient (Wildman–Crippen LogP) is 6.33. The number of carboxylic acid groups (broad SMARTS) is 2. The zero-order valence-electron chi connectivity index (χ0n) is 37.2. The summed E-state index contributed by atoms with van der Waals surface area (Å²) >= 11 is 0. The Bertz CT molecular complexity index is 4220. The van der Waals surface area contributed by atoms with Gasteiger partial charge in [-0.15, -0.1) is 0 Å². The van der Waals surface area contributed by atoms with Crippen molar-refractivity contribution in [3.8, 4) is 22.9 Å². The van der Waals surface area contributed by atoms with Crippen LogP contribution in [0.15, 0.2) is 141 Å². The molecule has 0 amide bonds. The molecule has 8 aromatic rings. The maximum absolute atomic E-state index is 14.7. The molecule has 0 aliphatic heterocycles. The first-order valence-corrected chi connectivity index (χ1v) is 25.2. The number of ether oxygens (including phenoxy) is 1. The van der Waals surface area contributed by atoms with Crippen molar-refractivity contribution in [3.05, 3.63) is 165 Å². The fourth-order valence-electron chi connectivity index (χ4n) is 8.09. The fraction of sp³-hybridized carbons (Fsp3) is 0.0213. The standard InChI is InChI=1S/C47H31N7O17S3/c1-54-33-17-16-30(37-38(33)36(26-12-2-3-13-27(26)41(37)56)39(42(54)57)40(55)22-8-7-11-25(19-22)72(62,63)64)48-31-20-32(35(74(68,69)70)21-34(31)73(65,66)67)50-46-51-45(49-29-15-5-4-14-28(29)44(60)61)52-47(53-46)71-24-10-6-9-23(18-24)43(58)59/h2-21,48H,1H3,(H,58,59)(H,60,61)(H,62,63,64)(H,65,66,67)(H,68,69,70)(H2,49,50,51,52,53). The van der Waals surface area contributed by atoms with Gasteiger partial charge in [0.15, 0.2) is 11.6 Å². The minimum atomic E-state index is -5.49. The molecule has 74 heavy (non-hydrogen) atoms. The smallest absolute Gasteiger partial charge is 0.337 e. The van der Waals surface area contributed by atoms with Gasteiger partial charge in [-0.2, -0.15) is 40.2 Å². The van der Waals surface area contributed by atoms with E-state index < -0.39 is 109 Å². The van der Waals surface area contributed by atoms with Gasteiger partial charge in [0, 0.05) is 29.1 Å². The number of aromatic nitrogens is 4. The molecule has 27 heteroatoms. The summed E-state index contributed by atoms with van der Waals surface area (Å²) in [6.07, 6.45) is 0. The van der Waals surface area contributed by atoms with Crippen LogP contribution in [0, 0.1) is 0 Å². The molecular formula is C47H31N7O17S3. The average Bonchev–Trinajstić information content (AvgIpc) is 3.34. The van der Waals surface area contributed by atoms with Gasteiger partial charge in [-0.1, -0.05) is 54.6 Å². The number of rotatable bonds is 15. The lowest BCUT2D eigenvalue weighted by molar-refractivity contribution is 0.0686. The highest BCUT2D eigenvalue weighted by Crippen LogP contribution is 2.45. The molecule has 8 N–H and O–H groups in total. The van der Waals surface area contributed by atoms with Gasteiger partial charge in [0.05, 0.1) is 55.4 Å². The van der Waals surface area contributed by atoms with E-state index in [1.807, 2.05) is 0 Å². The van der Waals surface area contributed by atoms with Crippen LogP contribution in [0.3, 0.4) is 0 Å². The lowest BCUT2D eigenvalue weighted by Crippen LogP contribution is -2.29. The number of pyridine rings is 1. The second-order valence-corrected chi connectivity index (χ2v) is 20.1. The molecule has 6 aromatic carbocycles. The topological polar surface area (TPSA) is 378 Å². The molecule has 0 radical (unpaired) electrons. The molecule has 1 aliphatic carbocycles. The van der Waals surface area contributed by atoms with Gasteiger partial charge in [-0.05, 0) is 72.3 Å². The molecule has 24 nitrogen and oxygen atoms in total. The number of hydrogen-bond donors (Lipinski definition) is 8. The summed E-state index contributed by atoms with van der Waals surface area (Å²) < 4.78 is 114. The van der Waals surface area contributed by atoms with Crippen molar-refractivity contribution in [1.82, 2.24) is 19.5 Å². The summed E-state index contributed by atoms with van der Waals surface area (Å²) in [7, 11) is -14.5. The van der Waals surface area contributed by atoms with Gasteiger partial charge in [0.25, 0.3) is 35.9 Å². The maximum atomic E-state index is 14.7. The van der Waals surface area contributed by atoms with Crippen LogP contribution < -0.4 is 26.2 Å². The molecule has 0 atom stereocenters. The fourth-order valence-corrected chi connectivity index (χ4v) is 10.00. The van der Waals surface area contributed by atoms with Crippen molar-refractivity contribution in [2.75, 3.05) is 16.0 Å². The second-order valence-electron chi connectivity index (χ2n) is 15.9. The molecule has 374 valence electrons. The third kappa shape index (κ3) is 9.38. The quantitative estimate of drug-likeness (QED) is 0.0411. The number of carboxylic acids is 2. The van der Waals surface area contributed by atoms with Gasteiger partial charge in [0.2, 0.25) is 11.9 Å². The van der Waals surface area contributed by atoms with Crippen LogP contribution in [0.2, 0.25) is 0 Å². The van der Waals surface area contributed by atoms with Crippen molar-refractivity contribution >= 4 is 99.4 Å². The van der Waals surface area contributed by atoms with Crippen LogP contribution in [0.5, 0.6) is 11.8 Å². The van der Waals surface area contributed by atoms with E-state index in [-0.39, 0.29) is 67.0 Å². The summed E-state index contributed by atoms with van der Waals surface area (Å²) in [6, 6.07) is 23.6. The van der Waals surface area contributed by atoms with Crippen LogP contribution in [-0.2, 0) is 37.4 Å². The first-order chi connectivity index (χ1) is 34.9. The van der Waals surface area contributed by atoms with E-state index in [0.29, 0.717) is 6.07 Å². The lowest BCUT2D eigenvalue weighted by Gasteiger charge is -2.26. The van der Waals surface area contributed by atoms with E-state index in [1.54, 1.807) is 0 Å². The van der Waals surface area contributed by atoms with Crippen molar-refractivity contribution in [2.24, 2.45) is 7.05 Å². The van der Waals surface area contributed by atoms with Crippen molar-refractivity contribution in [1.29, 1.82) is 0 Å². The minimum Gasteiger partial charge on any atom is -0.478 e. The maximum Gasteiger partial charge on any atom is 0.337 e. The SMILES string of the molecule is Cn1c(=O)c(C(=O)c2cccc(S(=O)(=O)O)c2)c2c3c(c(Nc4cc(Nc5nc(Nc6ccccc6C(=O)O)nc(Oc6cccc(C(=O)O)c6)n5)c(S(=O)(=O)O)cc4S(=O)(=O)O)ccc31)C(=O)c1ccccc1-2. The molecule has 0 saturated carbocycles. The van der Waals surface area contributed by atoms with Crippen LogP contribution in [0.25, 0.3) is 22.0 Å². The normalized spacial score (nSPS) is 12.2. The Morgan fingerprint density at radius 1 is 0.568 bits per heavy atom. The summed E-state index contributed by atoms with van der Waals surface area (Å²) in [6.45, 7) is 0. The predicted molar refractivity (Wildman–Crippen MR) is 260 cm³/mol. The minimum absolute atomic E-state index is 0.0486. The molecule has 0 bridgehead atoms. The summed E-state index contributed by atoms with van der Waals surface area (Å²) in [5.41, 5.74) is -4.28.